The van der Waals surface area contributed by atoms with E-state index < -0.39 is 4.92 Å². The minimum absolute atomic E-state index is 0.0140. The third-order valence-electron chi connectivity index (χ3n) is 4.81. The standard InChI is InChI=1S/C18H18N4O3/c23-18-15-4-2-10-21-9-1-3-12(17(15)21)11-16(18)20-19-13-5-7-14(8-6-13)22(24)25/h5-8,11,23H,1-4,9-10H2. The fraction of sp³-hybridized carbons (Fsp3) is 0.333. The number of hydrogen-bond donors (Lipinski definition) is 1. The van der Waals surface area contributed by atoms with Gasteiger partial charge in [0.1, 0.15) is 11.4 Å². The number of aromatic hydroxyl groups is 1. The molecule has 0 saturated heterocycles. The van der Waals surface area contributed by atoms with E-state index in [2.05, 4.69) is 15.1 Å². The van der Waals surface area contributed by atoms with Crippen LogP contribution in [0.15, 0.2) is 40.6 Å². The number of nitro groups is 1. The van der Waals surface area contributed by atoms with Crippen molar-refractivity contribution in [3.8, 4) is 5.75 Å². The molecule has 2 aromatic carbocycles. The van der Waals surface area contributed by atoms with Gasteiger partial charge in [0.05, 0.1) is 10.6 Å². The summed E-state index contributed by atoms with van der Waals surface area (Å²) in [5.41, 5.74) is 4.37. The Morgan fingerprint density at radius 2 is 1.80 bits per heavy atom. The first-order valence-corrected chi connectivity index (χ1v) is 8.42. The van der Waals surface area contributed by atoms with E-state index in [9.17, 15) is 15.2 Å². The topological polar surface area (TPSA) is 91.3 Å². The maximum absolute atomic E-state index is 10.7. The van der Waals surface area contributed by atoms with Crippen molar-refractivity contribution < 1.29 is 10.0 Å². The molecule has 7 nitrogen and oxygen atoms in total. The van der Waals surface area contributed by atoms with Gasteiger partial charge in [0.25, 0.3) is 5.69 Å². The lowest BCUT2D eigenvalue weighted by molar-refractivity contribution is -0.384. The van der Waals surface area contributed by atoms with Crippen LogP contribution in [0.25, 0.3) is 0 Å². The molecule has 0 atom stereocenters. The molecule has 4 rings (SSSR count). The normalized spacial score (nSPS) is 16.1. The van der Waals surface area contributed by atoms with Gasteiger partial charge in [-0.25, -0.2) is 0 Å². The van der Waals surface area contributed by atoms with Crippen LogP contribution >= 0.6 is 0 Å². The number of azo groups is 1. The first-order valence-electron chi connectivity index (χ1n) is 8.42. The quantitative estimate of drug-likeness (QED) is 0.509. The number of anilines is 1. The zero-order valence-electron chi connectivity index (χ0n) is 13.7. The van der Waals surface area contributed by atoms with Crippen molar-refractivity contribution in [1.29, 1.82) is 0 Å². The van der Waals surface area contributed by atoms with Crippen LogP contribution < -0.4 is 4.90 Å². The summed E-state index contributed by atoms with van der Waals surface area (Å²) < 4.78 is 0. The summed E-state index contributed by atoms with van der Waals surface area (Å²) in [6, 6.07) is 7.79. The van der Waals surface area contributed by atoms with E-state index in [1.54, 1.807) is 12.1 Å². The Labute approximate surface area is 144 Å². The smallest absolute Gasteiger partial charge is 0.269 e. The number of phenolic OH excluding ortho intramolecular Hbond substituents is 1. The molecule has 2 aliphatic rings. The van der Waals surface area contributed by atoms with E-state index in [4.69, 9.17) is 0 Å². The highest BCUT2D eigenvalue weighted by Gasteiger charge is 2.27. The Hall–Kier alpha value is -2.96. The molecule has 0 bridgehead atoms. The van der Waals surface area contributed by atoms with Gasteiger partial charge in [0.2, 0.25) is 0 Å². The molecule has 0 spiro atoms. The highest BCUT2D eigenvalue weighted by atomic mass is 16.6. The number of non-ortho nitro benzene ring substituents is 1. The fourth-order valence-corrected chi connectivity index (χ4v) is 3.65. The van der Waals surface area contributed by atoms with Crippen LogP contribution in [0, 0.1) is 10.1 Å². The highest BCUT2D eigenvalue weighted by Crippen LogP contribution is 2.45. The second-order valence-electron chi connectivity index (χ2n) is 6.40. The molecule has 2 aromatic rings. The summed E-state index contributed by atoms with van der Waals surface area (Å²) in [6.07, 6.45) is 3.98. The summed E-state index contributed by atoms with van der Waals surface area (Å²) in [5.74, 6) is 0.205. The number of benzene rings is 2. The van der Waals surface area contributed by atoms with Crippen molar-refractivity contribution in [2.45, 2.75) is 25.7 Å². The molecule has 2 aliphatic heterocycles. The number of rotatable bonds is 3. The van der Waals surface area contributed by atoms with Gasteiger partial charge < -0.3 is 10.0 Å². The Balaban J connectivity index is 1.68. The van der Waals surface area contributed by atoms with Crippen LogP contribution in [-0.2, 0) is 12.8 Å². The third-order valence-corrected chi connectivity index (χ3v) is 4.81. The van der Waals surface area contributed by atoms with Gasteiger partial charge in [-0.05, 0) is 49.4 Å². The summed E-state index contributed by atoms with van der Waals surface area (Å²) in [7, 11) is 0. The van der Waals surface area contributed by atoms with Gasteiger partial charge >= 0.3 is 0 Å². The van der Waals surface area contributed by atoms with Crippen molar-refractivity contribution in [3.05, 3.63) is 51.6 Å². The minimum atomic E-state index is -0.452. The molecular formula is C18H18N4O3. The largest absolute Gasteiger partial charge is 0.505 e. The zero-order valence-corrected chi connectivity index (χ0v) is 13.7. The van der Waals surface area contributed by atoms with Gasteiger partial charge in [0.15, 0.2) is 0 Å². The van der Waals surface area contributed by atoms with Crippen LogP contribution in [0.3, 0.4) is 0 Å². The van der Waals surface area contributed by atoms with E-state index in [0.717, 1.165) is 44.3 Å². The Morgan fingerprint density at radius 1 is 1.08 bits per heavy atom. The second kappa shape index (κ2) is 6.16. The van der Waals surface area contributed by atoms with Crippen molar-refractivity contribution in [1.82, 2.24) is 0 Å². The number of aryl methyl sites for hydroxylation is 1. The maximum atomic E-state index is 10.7. The highest BCUT2D eigenvalue weighted by molar-refractivity contribution is 5.74. The van der Waals surface area contributed by atoms with Crippen LogP contribution in [0.4, 0.5) is 22.7 Å². The molecular weight excluding hydrogens is 320 g/mol. The van der Waals surface area contributed by atoms with Gasteiger partial charge in [-0.15, -0.1) is 5.11 Å². The SMILES string of the molecule is O=[N+]([O-])c1ccc(N=Nc2cc3c4c(c2O)CCCN4CCC3)cc1. The van der Waals surface area contributed by atoms with Crippen molar-refractivity contribution >= 4 is 22.7 Å². The first-order chi connectivity index (χ1) is 12.1. The van der Waals surface area contributed by atoms with Gasteiger partial charge in [0, 0.05) is 36.5 Å². The molecule has 0 unspecified atom stereocenters. The van der Waals surface area contributed by atoms with Gasteiger partial charge in [-0.2, -0.15) is 5.11 Å². The van der Waals surface area contributed by atoms with Crippen molar-refractivity contribution in [2.75, 3.05) is 18.0 Å². The molecule has 7 heteroatoms. The summed E-state index contributed by atoms with van der Waals surface area (Å²) in [4.78, 5) is 12.6. The van der Waals surface area contributed by atoms with E-state index in [1.807, 2.05) is 6.07 Å². The average molecular weight is 338 g/mol. The molecule has 1 N–H and O–H groups in total. The Kier molecular flexibility index (Phi) is 3.83. The lowest BCUT2D eigenvalue weighted by atomic mass is 9.90. The molecule has 0 amide bonds. The molecule has 2 heterocycles. The molecule has 0 saturated carbocycles. The molecule has 0 aromatic heterocycles. The number of phenols is 1. The Bertz CT molecular complexity index is 860. The monoisotopic (exact) mass is 338 g/mol. The first kappa shape index (κ1) is 15.6. The number of nitro benzene ring substituents is 1. The van der Waals surface area contributed by atoms with Crippen LogP contribution in [-0.4, -0.2) is 23.1 Å². The van der Waals surface area contributed by atoms with Crippen molar-refractivity contribution in [2.24, 2.45) is 10.2 Å². The average Bonchev–Trinajstić information content (AvgIpc) is 2.64. The maximum Gasteiger partial charge on any atom is 0.269 e. The molecule has 128 valence electrons. The zero-order chi connectivity index (χ0) is 17.4. The minimum Gasteiger partial charge on any atom is -0.505 e. The van der Waals surface area contributed by atoms with Gasteiger partial charge in [-0.1, -0.05) is 0 Å². The van der Waals surface area contributed by atoms with E-state index >= 15 is 0 Å². The van der Waals surface area contributed by atoms with Crippen molar-refractivity contribution in [3.63, 3.8) is 0 Å². The summed E-state index contributed by atoms with van der Waals surface area (Å²) >= 11 is 0. The fourth-order valence-electron chi connectivity index (χ4n) is 3.65. The lowest BCUT2D eigenvalue weighted by Gasteiger charge is -2.37. The summed E-state index contributed by atoms with van der Waals surface area (Å²) in [5, 5.41) is 29.6. The predicted molar refractivity (Wildman–Crippen MR) is 94.2 cm³/mol. The Morgan fingerprint density at radius 3 is 2.52 bits per heavy atom. The molecule has 25 heavy (non-hydrogen) atoms. The number of nitrogens with zero attached hydrogens (tertiary/aromatic N) is 4. The lowest BCUT2D eigenvalue weighted by Crippen LogP contribution is -2.34. The van der Waals surface area contributed by atoms with E-state index in [0.29, 0.717) is 11.4 Å². The van der Waals surface area contributed by atoms with E-state index in [-0.39, 0.29) is 11.4 Å². The van der Waals surface area contributed by atoms with Crippen LogP contribution in [0.2, 0.25) is 0 Å². The van der Waals surface area contributed by atoms with Crippen LogP contribution in [0.1, 0.15) is 24.0 Å². The summed E-state index contributed by atoms with van der Waals surface area (Å²) in [6.45, 7) is 2.09. The molecule has 0 aliphatic carbocycles. The molecule has 0 fully saturated rings. The van der Waals surface area contributed by atoms with Gasteiger partial charge in [-0.3, -0.25) is 10.1 Å². The van der Waals surface area contributed by atoms with E-state index in [1.165, 1.54) is 23.4 Å². The van der Waals surface area contributed by atoms with Crippen LogP contribution in [0.5, 0.6) is 5.75 Å². The molecule has 0 radical (unpaired) electrons. The second-order valence-corrected chi connectivity index (χ2v) is 6.40. The number of hydrogen-bond acceptors (Lipinski definition) is 6. The third kappa shape index (κ3) is 2.82. The predicted octanol–water partition coefficient (Wildman–Crippen LogP) is 4.41.